The zero-order valence-electron chi connectivity index (χ0n) is 25.6. The number of fused-ring (bicyclic) bond motifs is 2. The third-order valence-electron chi connectivity index (χ3n) is 7.72. The van der Waals surface area contributed by atoms with Gasteiger partial charge in [0.15, 0.2) is 35.1 Å². The first-order valence-electron chi connectivity index (χ1n) is 14.5. The van der Waals surface area contributed by atoms with Crippen LogP contribution in [0.2, 0.25) is 0 Å². The number of nitrogens with two attached hydrogens (primary N) is 1. The maximum atomic E-state index is 13.2. The number of ether oxygens (including phenoxy) is 4. The summed E-state index contributed by atoms with van der Waals surface area (Å²) < 4.78 is 50.1. The molecule has 6 heterocycles. The number of aromatic amines is 1. The number of methoxy groups -OCH3 is 1. The van der Waals surface area contributed by atoms with Crippen LogP contribution in [0.1, 0.15) is 26.3 Å². The average molecular weight is 682 g/mol. The minimum Gasteiger partial charge on any atom is -0.756 e. The molecule has 0 radical (unpaired) electrons. The van der Waals surface area contributed by atoms with Gasteiger partial charge in [-0.25, -0.2) is 19.9 Å². The fourth-order valence-electron chi connectivity index (χ4n) is 5.72. The molecule has 2 aliphatic rings. The monoisotopic (exact) mass is 681 g/mol. The van der Waals surface area contributed by atoms with Crippen molar-refractivity contribution in [3.8, 4) is 0 Å². The number of imidazole rings is 2. The number of nitrogens with zero attached hydrogens (tertiary/aromatic N) is 7. The van der Waals surface area contributed by atoms with Crippen LogP contribution in [0, 0.1) is 0 Å². The molecule has 0 bridgehead atoms. The normalized spacial score (nSPS) is 29.3. The van der Waals surface area contributed by atoms with E-state index < -0.39 is 81.8 Å². The summed E-state index contributed by atoms with van der Waals surface area (Å²) in [6.45, 7) is 2.19. The molecule has 0 aromatic carbocycles. The molecule has 256 valence electrons. The van der Waals surface area contributed by atoms with Gasteiger partial charge in [-0.1, -0.05) is 0 Å². The van der Waals surface area contributed by atoms with Crippen LogP contribution in [-0.2, 0) is 32.6 Å². The van der Waals surface area contributed by atoms with Crippen molar-refractivity contribution in [2.24, 2.45) is 0 Å². The fraction of sp³-hybridized carbons (Fsp3) is 0.600. The Balaban J connectivity index is 1.20. The van der Waals surface area contributed by atoms with Crippen molar-refractivity contribution < 1.29 is 47.7 Å². The van der Waals surface area contributed by atoms with Gasteiger partial charge in [0.2, 0.25) is 5.95 Å². The molecule has 0 aliphatic carbocycles. The number of aromatic nitrogens is 8. The summed E-state index contributed by atoms with van der Waals surface area (Å²) in [5, 5.41) is 24.2. The van der Waals surface area contributed by atoms with E-state index in [4.69, 9.17) is 33.7 Å². The molecular formula is C25H34N10O11P-. The molecule has 0 amide bonds. The molecule has 4 aromatic heterocycles. The quantitative estimate of drug-likeness (QED) is 0.105. The predicted octanol–water partition coefficient (Wildman–Crippen LogP) is -1.59. The van der Waals surface area contributed by atoms with E-state index in [1.807, 2.05) is 0 Å². The highest BCUT2D eigenvalue weighted by molar-refractivity contribution is 7.45. The molecule has 21 nitrogen and oxygen atoms in total. The van der Waals surface area contributed by atoms with Crippen LogP contribution in [0.5, 0.6) is 0 Å². The van der Waals surface area contributed by atoms with Gasteiger partial charge in [0, 0.05) is 14.2 Å². The Kier molecular flexibility index (Phi) is 9.28. The van der Waals surface area contributed by atoms with Gasteiger partial charge in [-0.3, -0.25) is 23.5 Å². The first kappa shape index (κ1) is 33.3. The van der Waals surface area contributed by atoms with E-state index in [0.29, 0.717) is 17.0 Å². The average Bonchev–Trinajstić information content (AvgIpc) is 3.79. The lowest BCUT2D eigenvalue weighted by Gasteiger charge is -2.31. The summed E-state index contributed by atoms with van der Waals surface area (Å²) in [4.78, 5) is 48.7. The highest BCUT2D eigenvalue weighted by Crippen LogP contribution is 2.47. The SMILES string of the molecule is CNc1ncnc2c1ncn2[C@@H]1O[C@H](CO)[C@H](OP(=O)([O-])OC[C@H]2O[C@@H](n3cnc4c(=O)[nH]c(N)nc43)C(O)[C@H]2OC(C)C)C1OC. The van der Waals surface area contributed by atoms with Gasteiger partial charge in [0.25, 0.3) is 13.4 Å². The number of H-pyrrole nitrogens is 1. The number of nitrogen functional groups attached to an aromatic ring is 1. The lowest BCUT2D eigenvalue weighted by Crippen LogP contribution is -2.40. The molecule has 22 heteroatoms. The minimum absolute atomic E-state index is 0.0359. The third kappa shape index (κ3) is 6.22. The molecule has 6 rings (SSSR count). The van der Waals surface area contributed by atoms with E-state index in [0.717, 1.165) is 0 Å². The maximum Gasteiger partial charge on any atom is 0.280 e. The molecule has 3 unspecified atom stereocenters. The van der Waals surface area contributed by atoms with Crippen molar-refractivity contribution in [3.63, 3.8) is 0 Å². The Labute approximate surface area is 265 Å². The van der Waals surface area contributed by atoms with Gasteiger partial charge < -0.3 is 54.2 Å². The smallest absolute Gasteiger partial charge is 0.280 e. The lowest BCUT2D eigenvalue weighted by molar-refractivity contribution is -0.237. The number of hydrogen-bond acceptors (Lipinski definition) is 18. The summed E-state index contributed by atoms with van der Waals surface area (Å²) in [5.41, 5.74) is 5.89. The van der Waals surface area contributed by atoms with E-state index in [-0.39, 0.29) is 17.1 Å². The number of phosphoric acid groups is 1. The highest BCUT2D eigenvalue weighted by atomic mass is 31.2. The van der Waals surface area contributed by atoms with E-state index in [1.165, 1.54) is 35.2 Å². The van der Waals surface area contributed by atoms with Crippen molar-refractivity contribution in [1.82, 2.24) is 39.0 Å². The summed E-state index contributed by atoms with van der Waals surface area (Å²) in [6, 6.07) is 0. The molecule has 9 atom stereocenters. The van der Waals surface area contributed by atoms with Crippen molar-refractivity contribution >= 4 is 41.9 Å². The second-order valence-corrected chi connectivity index (χ2v) is 12.4. The summed E-state index contributed by atoms with van der Waals surface area (Å²) >= 11 is 0. The van der Waals surface area contributed by atoms with Crippen LogP contribution in [0.15, 0.2) is 23.8 Å². The topological polar surface area (TPSA) is 281 Å². The largest absolute Gasteiger partial charge is 0.756 e. The van der Waals surface area contributed by atoms with E-state index >= 15 is 0 Å². The molecule has 0 saturated carbocycles. The van der Waals surface area contributed by atoms with Crippen LogP contribution in [0.3, 0.4) is 0 Å². The lowest BCUT2D eigenvalue weighted by atomic mass is 10.1. The Hall–Kier alpha value is -3.63. The number of hydrogen-bond donors (Lipinski definition) is 5. The van der Waals surface area contributed by atoms with Crippen LogP contribution < -0.4 is 21.5 Å². The van der Waals surface area contributed by atoms with Crippen LogP contribution in [0.4, 0.5) is 11.8 Å². The number of nitrogens with one attached hydrogen (secondary N) is 2. The highest BCUT2D eigenvalue weighted by Gasteiger charge is 2.50. The zero-order chi connectivity index (χ0) is 33.6. The molecule has 2 saturated heterocycles. The summed E-state index contributed by atoms with van der Waals surface area (Å²) in [5.74, 6) is 0.281. The summed E-state index contributed by atoms with van der Waals surface area (Å²) in [7, 11) is -2.16. The molecule has 0 spiro atoms. The Bertz CT molecular complexity index is 1830. The second-order valence-electron chi connectivity index (χ2n) is 11.0. The number of phosphoric ester groups is 1. The standard InChI is InChI=1S/C25H35N10O11P/c1-10(2)43-16-12(45-23(15(16)37)35-9-31-14-21(35)32-25(26)33-22(14)38)6-42-47(39,40)46-17-11(5-36)44-24(18(17)41-4)34-8-30-13-19(27-3)28-7-29-20(13)34/h7-12,15-18,23-24,36-37H,5-6H2,1-4H3,(H,39,40)(H,27,28,29)(H3,26,32,33,38)/p-1/t11-,12-,15?,16+,17+,18?,23-,24-/m1/s1. The van der Waals surface area contributed by atoms with Crippen molar-refractivity contribution in [3.05, 3.63) is 29.3 Å². The van der Waals surface area contributed by atoms with Gasteiger partial charge in [0.1, 0.15) is 48.5 Å². The maximum absolute atomic E-state index is 13.2. The van der Waals surface area contributed by atoms with Crippen molar-refractivity contribution in [1.29, 1.82) is 0 Å². The second kappa shape index (κ2) is 13.1. The van der Waals surface area contributed by atoms with E-state index in [2.05, 4.69) is 35.2 Å². The van der Waals surface area contributed by atoms with Gasteiger partial charge in [-0.15, -0.1) is 0 Å². The first-order valence-corrected chi connectivity index (χ1v) is 15.9. The fourth-order valence-corrected chi connectivity index (χ4v) is 6.66. The van der Waals surface area contributed by atoms with Crippen LogP contribution in [0.25, 0.3) is 22.3 Å². The number of aliphatic hydroxyl groups excluding tert-OH is 2. The molecule has 47 heavy (non-hydrogen) atoms. The number of aliphatic hydroxyl groups is 2. The van der Waals surface area contributed by atoms with Gasteiger partial charge in [-0.2, -0.15) is 4.98 Å². The predicted molar refractivity (Wildman–Crippen MR) is 158 cm³/mol. The van der Waals surface area contributed by atoms with Crippen molar-refractivity contribution in [2.45, 2.75) is 69.0 Å². The molecule has 6 N–H and O–H groups in total. The van der Waals surface area contributed by atoms with Gasteiger partial charge in [0.05, 0.1) is 32.0 Å². The van der Waals surface area contributed by atoms with Crippen LogP contribution in [-0.4, -0.2) is 119 Å². The Morgan fingerprint density at radius 2 is 1.79 bits per heavy atom. The third-order valence-corrected chi connectivity index (χ3v) is 8.69. The Morgan fingerprint density at radius 1 is 1.09 bits per heavy atom. The van der Waals surface area contributed by atoms with E-state index in [1.54, 1.807) is 20.9 Å². The molecule has 4 aromatic rings. The molecular weight excluding hydrogens is 647 g/mol. The molecule has 2 aliphatic heterocycles. The van der Waals surface area contributed by atoms with Crippen LogP contribution >= 0.6 is 7.82 Å². The minimum atomic E-state index is -5.16. The molecule has 2 fully saturated rings. The van der Waals surface area contributed by atoms with Gasteiger partial charge >= 0.3 is 0 Å². The zero-order valence-corrected chi connectivity index (χ0v) is 26.5. The number of anilines is 2. The van der Waals surface area contributed by atoms with E-state index in [9.17, 15) is 24.5 Å². The van der Waals surface area contributed by atoms with Gasteiger partial charge in [-0.05, 0) is 13.8 Å². The number of rotatable bonds is 12. The Morgan fingerprint density at radius 3 is 2.47 bits per heavy atom. The first-order chi connectivity index (χ1) is 22.5. The van der Waals surface area contributed by atoms with Crippen molar-refractivity contribution in [2.75, 3.05) is 38.4 Å². The summed E-state index contributed by atoms with van der Waals surface area (Å²) in [6.07, 6.45) is -5.75.